The van der Waals surface area contributed by atoms with Crippen LogP contribution in [0.1, 0.15) is 19.8 Å². The molecular weight excluding hydrogens is 285 g/mol. The van der Waals surface area contributed by atoms with Gasteiger partial charge in [-0.25, -0.2) is 13.2 Å². The molecule has 2 aliphatic rings. The Hall–Kier alpha value is -2.05. The van der Waals surface area contributed by atoms with Gasteiger partial charge in [0.1, 0.15) is 17.9 Å². The van der Waals surface area contributed by atoms with Crippen LogP contribution in [0.2, 0.25) is 0 Å². The van der Waals surface area contributed by atoms with Gasteiger partial charge >= 0.3 is 0 Å². The number of benzene rings is 1. The third kappa shape index (κ3) is 2.26. The highest BCUT2D eigenvalue weighted by Crippen LogP contribution is 2.37. The van der Waals surface area contributed by atoms with Gasteiger partial charge in [-0.05, 0) is 25.7 Å². The van der Waals surface area contributed by atoms with Gasteiger partial charge in [0.15, 0.2) is 11.6 Å². The lowest BCUT2D eigenvalue weighted by molar-refractivity contribution is -0.134. The Labute approximate surface area is 118 Å². The zero-order valence-corrected chi connectivity index (χ0v) is 11.2. The van der Waals surface area contributed by atoms with Crippen LogP contribution in [0, 0.1) is 23.4 Å². The number of carbonyl (C=O) groups is 2. The molecule has 2 unspecified atom stereocenters. The molecule has 1 saturated carbocycles. The second-order valence-corrected chi connectivity index (χ2v) is 5.43. The monoisotopic (exact) mass is 298 g/mol. The average Bonchev–Trinajstić information content (AvgIpc) is 3.24. The van der Waals surface area contributed by atoms with Crippen molar-refractivity contribution >= 4 is 17.5 Å². The van der Waals surface area contributed by atoms with Crippen molar-refractivity contribution < 1.29 is 22.8 Å². The average molecular weight is 298 g/mol. The molecule has 112 valence electrons. The van der Waals surface area contributed by atoms with Gasteiger partial charge in [0.05, 0.1) is 5.69 Å². The van der Waals surface area contributed by atoms with Crippen molar-refractivity contribution in [3.05, 3.63) is 29.6 Å². The van der Waals surface area contributed by atoms with E-state index in [1.807, 2.05) is 0 Å². The maximum atomic E-state index is 13.9. The van der Waals surface area contributed by atoms with Crippen molar-refractivity contribution in [3.8, 4) is 0 Å². The molecule has 1 saturated heterocycles. The van der Waals surface area contributed by atoms with Crippen LogP contribution in [0.5, 0.6) is 0 Å². The number of piperazine rings is 1. The van der Waals surface area contributed by atoms with Gasteiger partial charge < -0.3 is 5.32 Å². The Kier molecular flexibility index (Phi) is 3.15. The summed E-state index contributed by atoms with van der Waals surface area (Å²) < 4.78 is 40.6. The molecule has 1 aromatic rings. The fourth-order valence-corrected chi connectivity index (χ4v) is 2.59. The topological polar surface area (TPSA) is 49.4 Å². The molecule has 0 aromatic heterocycles. The Bertz CT molecular complexity index is 631. The van der Waals surface area contributed by atoms with Crippen molar-refractivity contribution in [2.24, 2.45) is 5.92 Å². The van der Waals surface area contributed by atoms with Crippen LogP contribution in [0.4, 0.5) is 18.9 Å². The third-order valence-corrected chi connectivity index (χ3v) is 3.89. The maximum Gasteiger partial charge on any atom is 0.250 e. The minimum atomic E-state index is -1.39. The maximum absolute atomic E-state index is 13.9. The van der Waals surface area contributed by atoms with E-state index in [-0.39, 0.29) is 5.92 Å². The van der Waals surface area contributed by atoms with Crippen molar-refractivity contribution in [1.29, 1.82) is 0 Å². The van der Waals surface area contributed by atoms with Crippen LogP contribution in [0.25, 0.3) is 0 Å². The van der Waals surface area contributed by atoms with Gasteiger partial charge in [0.25, 0.3) is 5.91 Å². The molecule has 0 radical (unpaired) electrons. The van der Waals surface area contributed by atoms with Gasteiger partial charge in [-0.15, -0.1) is 0 Å². The molecule has 21 heavy (non-hydrogen) atoms. The van der Waals surface area contributed by atoms with E-state index in [2.05, 4.69) is 5.32 Å². The van der Waals surface area contributed by atoms with E-state index < -0.39 is 47.0 Å². The molecule has 3 rings (SSSR count). The van der Waals surface area contributed by atoms with E-state index in [1.54, 1.807) is 0 Å². The highest BCUT2D eigenvalue weighted by Gasteiger charge is 2.46. The summed E-state index contributed by atoms with van der Waals surface area (Å²) in [5.74, 6) is -4.71. The summed E-state index contributed by atoms with van der Waals surface area (Å²) in [5.41, 5.74) is -0.537. The molecule has 2 fully saturated rings. The van der Waals surface area contributed by atoms with Crippen molar-refractivity contribution in [2.45, 2.75) is 31.8 Å². The van der Waals surface area contributed by atoms with Crippen LogP contribution < -0.4 is 10.2 Å². The predicted octanol–water partition coefficient (Wildman–Crippen LogP) is 1.73. The first kappa shape index (κ1) is 13.9. The normalized spacial score (nSPS) is 26.0. The van der Waals surface area contributed by atoms with Crippen LogP contribution in [0.3, 0.4) is 0 Å². The third-order valence-electron chi connectivity index (χ3n) is 3.89. The number of hydrogen-bond acceptors (Lipinski definition) is 2. The Morgan fingerprint density at radius 3 is 2.48 bits per heavy atom. The first-order valence-corrected chi connectivity index (χ1v) is 6.68. The van der Waals surface area contributed by atoms with Crippen molar-refractivity contribution in [1.82, 2.24) is 5.32 Å². The molecule has 1 aliphatic carbocycles. The number of nitrogens with zero attached hydrogens (tertiary/aromatic N) is 1. The largest absolute Gasteiger partial charge is 0.342 e. The fraction of sp³-hybridized carbons (Fsp3) is 0.429. The summed E-state index contributed by atoms with van der Waals surface area (Å²) in [6.07, 6.45) is 1.58. The summed E-state index contributed by atoms with van der Waals surface area (Å²) in [7, 11) is 0. The first-order valence-electron chi connectivity index (χ1n) is 6.68. The van der Waals surface area contributed by atoms with Crippen LogP contribution in [0.15, 0.2) is 12.1 Å². The minimum Gasteiger partial charge on any atom is -0.342 e. The number of hydrogen-bond donors (Lipinski definition) is 1. The standard InChI is InChI=1S/C14H13F3N2O2/c1-6-13(20)18-12(7-2-3-7)14(21)19(6)10-5-8(15)4-9(16)11(10)17/h4-7,12H,2-3H2,1H3,(H,18,20). The number of amides is 2. The van der Waals surface area contributed by atoms with E-state index >= 15 is 0 Å². The van der Waals surface area contributed by atoms with E-state index in [4.69, 9.17) is 0 Å². The Balaban J connectivity index is 2.05. The zero-order chi connectivity index (χ0) is 15.3. The van der Waals surface area contributed by atoms with Gasteiger partial charge in [-0.1, -0.05) is 0 Å². The molecular formula is C14H13F3N2O2. The molecule has 1 N–H and O–H groups in total. The van der Waals surface area contributed by atoms with E-state index in [0.717, 1.165) is 23.8 Å². The summed E-state index contributed by atoms with van der Waals surface area (Å²) >= 11 is 0. The summed E-state index contributed by atoms with van der Waals surface area (Å²) in [4.78, 5) is 25.2. The van der Waals surface area contributed by atoms with E-state index in [1.165, 1.54) is 6.92 Å². The van der Waals surface area contributed by atoms with Gasteiger partial charge in [0.2, 0.25) is 5.91 Å². The highest BCUT2D eigenvalue weighted by atomic mass is 19.2. The van der Waals surface area contributed by atoms with E-state index in [9.17, 15) is 22.8 Å². The molecule has 2 atom stereocenters. The lowest BCUT2D eigenvalue weighted by Gasteiger charge is -2.37. The molecule has 7 heteroatoms. The van der Waals surface area contributed by atoms with E-state index in [0.29, 0.717) is 6.07 Å². The summed E-state index contributed by atoms with van der Waals surface area (Å²) in [6, 6.07) is -0.645. The van der Waals surface area contributed by atoms with Crippen molar-refractivity contribution in [2.75, 3.05) is 4.90 Å². The number of carbonyl (C=O) groups excluding carboxylic acids is 2. The van der Waals surface area contributed by atoms with Gasteiger partial charge in [0, 0.05) is 12.1 Å². The number of rotatable bonds is 2. The number of anilines is 1. The Morgan fingerprint density at radius 2 is 1.86 bits per heavy atom. The summed E-state index contributed by atoms with van der Waals surface area (Å²) in [6.45, 7) is 1.39. The van der Waals surface area contributed by atoms with Crippen molar-refractivity contribution in [3.63, 3.8) is 0 Å². The second-order valence-electron chi connectivity index (χ2n) is 5.43. The SMILES string of the molecule is CC1C(=O)NC(C2CC2)C(=O)N1c1cc(F)cc(F)c1F. The van der Waals surface area contributed by atoms with Crippen LogP contribution in [-0.2, 0) is 9.59 Å². The molecule has 1 aliphatic heterocycles. The number of nitrogens with one attached hydrogen (secondary N) is 1. The molecule has 1 heterocycles. The highest BCUT2D eigenvalue weighted by molar-refractivity contribution is 6.08. The molecule has 0 bridgehead atoms. The van der Waals surface area contributed by atoms with Gasteiger partial charge in [-0.2, -0.15) is 0 Å². The zero-order valence-electron chi connectivity index (χ0n) is 11.2. The second kappa shape index (κ2) is 4.75. The number of halogens is 3. The summed E-state index contributed by atoms with van der Waals surface area (Å²) in [5, 5.41) is 2.59. The Morgan fingerprint density at radius 1 is 1.19 bits per heavy atom. The minimum absolute atomic E-state index is 0.0120. The quantitative estimate of drug-likeness (QED) is 0.845. The lowest BCUT2D eigenvalue weighted by atomic mass is 10.0. The molecule has 0 spiro atoms. The van der Waals surface area contributed by atoms with Crippen LogP contribution in [-0.4, -0.2) is 23.9 Å². The smallest absolute Gasteiger partial charge is 0.250 e. The molecule has 1 aromatic carbocycles. The molecule has 2 amide bonds. The van der Waals surface area contributed by atoms with Crippen LogP contribution >= 0.6 is 0 Å². The fourth-order valence-electron chi connectivity index (χ4n) is 2.59. The van der Waals surface area contributed by atoms with Gasteiger partial charge in [-0.3, -0.25) is 14.5 Å². The lowest BCUT2D eigenvalue weighted by Crippen LogP contribution is -2.63. The first-order chi connectivity index (χ1) is 9.90. The molecule has 4 nitrogen and oxygen atoms in total. The predicted molar refractivity (Wildman–Crippen MR) is 67.9 cm³/mol.